The molecule has 1 heterocycles. The van der Waals surface area contributed by atoms with Crippen molar-refractivity contribution in [3.05, 3.63) is 55.2 Å². The van der Waals surface area contributed by atoms with Crippen molar-refractivity contribution in [2.24, 2.45) is 5.73 Å². The molecule has 2 N–H and O–H groups in total. The van der Waals surface area contributed by atoms with Crippen LogP contribution in [-0.2, 0) is 0 Å². The van der Waals surface area contributed by atoms with Gasteiger partial charge < -0.3 is 5.73 Å². The van der Waals surface area contributed by atoms with Crippen LogP contribution < -0.4 is 5.73 Å². The second-order valence-electron chi connectivity index (χ2n) is 3.29. The zero-order chi connectivity index (χ0) is 11.7. The lowest BCUT2D eigenvalue weighted by atomic mass is 10.0. The Balaban J connectivity index is 2.52. The Kier molecular flexibility index (Phi) is 3.77. The fraction of sp³-hybridized carbons (Fsp3) is 0.0909. The third-order valence-electron chi connectivity index (χ3n) is 2.29. The molecule has 1 atom stereocenters. The van der Waals surface area contributed by atoms with Gasteiger partial charge in [0.25, 0.3) is 0 Å². The first-order valence-electron chi connectivity index (χ1n) is 4.52. The lowest BCUT2D eigenvalue weighted by molar-refractivity contribution is 0.877. The lowest BCUT2D eigenvalue weighted by Crippen LogP contribution is -2.12. The van der Waals surface area contributed by atoms with Gasteiger partial charge in [0.15, 0.2) is 0 Å². The molecule has 0 aliphatic heterocycles. The van der Waals surface area contributed by atoms with Crippen LogP contribution >= 0.6 is 46.1 Å². The summed E-state index contributed by atoms with van der Waals surface area (Å²) in [5.41, 5.74) is 7.77. The van der Waals surface area contributed by atoms with E-state index in [1.807, 2.05) is 16.8 Å². The first-order valence-corrected chi connectivity index (χ1v) is 6.60. The number of hydrogen-bond donors (Lipinski definition) is 1. The van der Waals surface area contributed by atoms with Crippen LogP contribution in [-0.4, -0.2) is 0 Å². The topological polar surface area (TPSA) is 26.0 Å². The highest BCUT2D eigenvalue weighted by Gasteiger charge is 2.18. The highest BCUT2D eigenvalue weighted by Crippen LogP contribution is 2.37. The quantitative estimate of drug-likeness (QED) is 0.794. The van der Waals surface area contributed by atoms with Gasteiger partial charge in [0, 0.05) is 10.6 Å². The van der Waals surface area contributed by atoms with E-state index in [0.717, 1.165) is 5.56 Å². The zero-order valence-electron chi connectivity index (χ0n) is 8.08. The zero-order valence-corrected chi connectivity index (χ0v) is 11.2. The Morgan fingerprint density at radius 1 is 1.06 bits per heavy atom. The van der Waals surface area contributed by atoms with Gasteiger partial charge in [0.1, 0.15) is 0 Å². The molecule has 0 aliphatic carbocycles. The first-order chi connectivity index (χ1) is 7.61. The molecule has 0 radical (unpaired) electrons. The minimum Gasteiger partial charge on any atom is -0.320 e. The molecule has 1 nitrogen and oxygen atoms in total. The number of halogens is 3. The summed E-state index contributed by atoms with van der Waals surface area (Å²) in [5.74, 6) is 0. The average Bonchev–Trinajstić information content (AvgIpc) is 2.77. The number of thiophene rings is 1. The molecule has 1 aromatic carbocycles. The lowest BCUT2D eigenvalue weighted by Gasteiger charge is -2.15. The van der Waals surface area contributed by atoms with Gasteiger partial charge in [0.05, 0.1) is 16.1 Å². The highest BCUT2D eigenvalue weighted by molar-refractivity contribution is 7.08. The van der Waals surface area contributed by atoms with Gasteiger partial charge in [0.2, 0.25) is 0 Å². The predicted octanol–water partition coefficient (Wildman–Crippen LogP) is 4.76. The van der Waals surface area contributed by atoms with Crippen molar-refractivity contribution in [2.75, 3.05) is 0 Å². The maximum Gasteiger partial charge on any atom is 0.0658 e. The van der Waals surface area contributed by atoms with Gasteiger partial charge in [-0.15, -0.1) is 0 Å². The molecule has 0 bridgehead atoms. The van der Waals surface area contributed by atoms with Gasteiger partial charge in [-0.3, -0.25) is 0 Å². The summed E-state index contributed by atoms with van der Waals surface area (Å²) in [4.78, 5) is 0. The molecule has 0 amide bonds. The van der Waals surface area contributed by atoms with Crippen molar-refractivity contribution < 1.29 is 0 Å². The second-order valence-corrected chi connectivity index (χ2v) is 5.26. The maximum atomic E-state index is 6.12. The average molecular weight is 293 g/mol. The normalized spacial score (nSPS) is 12.8. The van der Waals surface area contributed by atoms with Crippen LogP contribution in [0, 0.1) is 0 Å². The van der Waals surface area contributed by atoms with Gasteiger partial charge in [-0.2, -0.15) is 11.3 Å². The smallest absolute Gasteiger partial charge is 0.0658 e. The van der Waals surface area contributed by atoms with Crippen LogP contribution in [0.1, 0.15) is 17.2 Å². The van der Waals surface area contributed by atoms with Crippen molar-refractivity contribution in [3.8, 4) is 0 Å². The number of nitrogens with two attached hydrogens (primary N) is 1. The van der Waals surface area contributed by atoms with Crippen LogP contribution in [0.3, 0.4) is 0 Å². The van der Waals surface area contributed by atoms with Crippen LogP contribution in [0.2, 0.25) is 15.1 Å². The van der Waals surface area contributed by atoms with Crippen molar-refractivity contribution in [1.29, 1.82) is 0 Å². The fourth-order valence-electron chi connectivity index (χ4n) is 1.45. The highest BCUT2D eigenvalue weighted by atomic mass is 35.5. The molecule has 0 saturated heterocycles. The Morgan fingerprint density at radius 2 is 1.75 bits per heavy atom. The summed E-state index contributed by atoms with van der Waals surface area (Å²) in [6.45, 7) is 0. The summed E-state index contributed by atoms with van der Waals surface area (Å²) in [6, 6.07) is 4.97. The van der Waals surface area contributed by atoms with Crippen molar-refractivity contribution in [1.82, 2.24) is 0 Å². The number of benzene rings is 1. The van der Waals surface area contributed by atoms with Gasteiger partial charge in [-0.05, 0) is 34.5 Å². The van der Waals surface area contributed by atoms with Crippen LogP contribution in [0.4, 0.5) is 0 Å². The molecule has 0 aliphatic rings. The molecule has 1 aromatic heterocycles. The largest absolute Gasteiger partial charge is 0.320 e. The van der Waals surface area contributed by atoms with E-state index in [1.54, 1.807) is 23.5 Å². The van der Waals surface area contributed by atoms with Crippen molar-refractivity contribution >= 4 is 46.1 Å². The molecule has 0 fully saturated rings. The first kappa shape index (κ1) is 12.2. The fourth-order valence-corrected chi connectivity index (χ4v) is 2.91. The van der Waals surface area contributed by atoms with E-state index >= 15 is 0 Å². The monoisotopic (exact) mass is 291 g/mol. The van der Waals surface area contributed by atoms with Crippen LogP contribution in [0.25, 0.3) is 0 Å². The summed E-state index contributed by atoms with van der Waals surface area (Å²) in [7, 11) is 0. The third-order valence-corrected chi connectivity index (χ3v) is 4.14. The summed E-state index contributed by atoms with van der Waals surface area (Å²) >= 11 is 19.7. The molecular formula is C11H8Cl3NS. The molecule has 2 rings (SSSR count). The van der Waals surface area contributed by atoms with Gasteiger partial charge in [-0.1, -0.05) is 34.8 Å². The molecule has 0 unspecified atom stereocenters. The predicted molar refractivity (Wildman–Crippen MR) is 71.8 cm³/mol. The number of hydrogen-bond acceptors (Lipinski definition) is 2. The van der Waals surface area contributed by atoms with E-state index in [1.165, 1.54) is 0 Å². The summed E-state index contributed by atoms with van der Waals surface area (Å²) < 4.78 is 0. The molecular weight excluding hydrogens is 285 g/mol. The van der Waals surface area contributed by atoms with Crippen LogP contribution in [0.15, 0.2) is 29.0 Å². The Bertz CT molecular complexity index is 496. The van der Waals surface area contributed by atoms with Crippen molar-refractivity contribution in [3.63, 3.8) is 0 Å². The van der Waals surface area contributed by atoms with E-state index < -0.39 is 0 Å². The SMILES string of the molecule is N[C@@H](c1ccsc1)c1c(Cl)ccc(Cl)c1Cl. The summed E-state index contributed by atoms with van der Waals surface area (Å²) in [5, 5.41) is 5.35. The molecule has 0 spiro atoms. The van der Waals surface area contributed by atoms with E-state index in [4.69, 9.17) is 40.5 Å². The van der Waals surface area contributed by atoms with E-state index in [2.05, 4.69) is 0 Å². The standard InChI is InChI=1S/C11H8Cl3NS/c12-7-1-2-8(13)10(14)9(7)11(15)6-3-4-16-5-6/h1-5,11H,15H2/t11-/m0/s1. The van der Waals surface area contributed by atoms with Crippen molar-refractivity contribution in [2.45, 2.75) is 6.04 Å². The maximum absolute atomic E-state index is 6.12. The third kappa shape index (κ3) is 2.22. The van der Waals surface area contributed by atoms with Crippen LogP contribution in [0.5, 0.6) is 0 Å². The second kappa shape index (κ2) is 4.94. The summed E-state index contributed by atoms with van der Waals surface area (Å²) in [6.07, 6.45) is 0. The molecule has 16 heavy (non-hydrogen) atoms. The molecule has 0 saturated carbocycles. The van der Waals surface area contributed by atoms with E-state index in [9.17, 15) is 0 Å². The Hall–Kier alpha value is -0.250. The van der Waals surface area contributed by atoms with Gasteiger partial charge in [-0.25, -0.2) is 0 Å². The molecule has 5 heteroatoms. The molecule has 2 aromatic rings. The van der Waals surface area contributed by atoms with E-state index in [0.29, 0.717) is 20.6 Å². The number of rotatable bonds is 2. The molecule has 84 valence electrons. The Labute approximate surface area is 113 Å². The minimum atomic E-state index is -0.343. The van der Waals surface area contributed by atoms with Gasteiger partial charge >= 0.3 is 0 Å². The Morgan fingerprint density at radius 3 is 2.38 bits per heavy atom. The minimum absolute atomic E-state index is 0.343. The van der Waals surface area contributed by atoms with E-state index in [-0.39, 0.29) is 6.04 Å².